The maximum Gasteiger partial charge on any atom is 0.248 e. The Balaban J connectivity index is 2.95. The van der Waals surface area contributed by atoms with Crippen molar-refractivity contribution in [2.75, 3.05) is 20.6 Å². The third kappa shape index (κ3) is 1.12. The zero-order valence-electron chi connectivity index (χ0n) is 7.92. The molecule has 12 heavy (non-hydrogen) atoms. The van der Waals surface area contributed by atoms with Crippen molar-refractivity contribution < 1.29 is 9.59 Å². The number of imide groups is 1. The highest BCUT2D eigenvalue weighted by Crippen LogP contribution is 2.19. The van der Waals surface area contributed by atoms with Crippen LogP contribution in [0.1, 0.15) is 13.8 Å². The fraction of sp³-hybridized carbons (Fsp3) is 0.750. The molecule has 1 saturated heterocycles. The molecule has 1 heterocycles. The molecule has 1 fully saturated rings. The number of amides is 2. The molecule has 1 aliphatic rings. The molecule has 0 saturated carbocycles. The van der Waals surface area contributed by atoms with E-state index in [1.165, 1.54) is 11.9 Å². The number of carbonyl (C=O) groups is 2. The highest BCUT2D eigenvalue weighted by Gasteiger charge is 2.42. The second-order valence-corrected chi connectivity index (χ2v) is 3.67. The van der Waals surface area contributed by atoms with Crippen molar-refractivity contribution in [3.63, 3.8) is 0 Å². The summed E-state index contributed by atoms with van der Waals surface area (Å²) in [5.74, 6) is -0.275. The Bertz CT molecular complexity index is 235. The number of nitrogens with zero attached hydrogens (tertiary/aromatic N) is 2. The van der Waals surface area contributed by atoms with Crippen LogP contribution in [0, 0.1) is 0 Å². The minimum absolute atomic E-state index is 0.137. The third-order valence-corrected chi connectivity index (χ3v) is 2.53. The minimum Gasteiger partial charge on any atom is -0.284 e. The molecule has 0 atom stereocenters. The largest absolute Gasteiger partial charge is 0.284 e. The molecule has 0 aromatic carbocycles. The van der Waals surface area contributed by atoms with Gasteiger partial charge in [-0.2, -0.15) is 0 Å². The Morgan fingerprint density at radius 3 is 2.25 bits per heavy atom. The van der Waals surface area contributed by atoms with Gasteiger partial charge in [-0.25, -0.2) is 0 Å². The van der Waals surface area contributed by atoms with Crippen LogP contribution in [-0.4, -0.2) is 47.8 Å². The number of rotatable bonds is 0. The maximum atomic E-state index is 11.5. The van der Waals surface area contributed by atoms with Crippen molar-refractivity contribution in [2.45, 2.75) is 19.4 Å². The van der Waals surface area contributed by atoms with E-state index in [0.29, 0.717) is 6.54 Å². The van der Waals surface area contributed by atoms with E-state index in [9.17, 15) is 9.59 Å². The van der Waals surface area contributed by atoms with E-state index in [1.54, 1.807) is 11.9 Å². The van der Waals surface area contributed by atoms with E-state index in [4.69, 9.17) is 0 Å². The van der Waals surface area contributed by atoms with E-state index in [-0.39, 0.29) is 11.8 Å². The van der Waals surface area contributed by atoms with Crippen LogP contribution in [0.3, 0.4) is 0 Å². The van der Waals surface area contributed by atoms with Gasteiger partial charge in [-0.3, -0.25) is 19.4 Å². The molecule has 1 aliphatic heterocycles. The molecule has 0 aliphatic carbocycles. The van der Waals surface area contributed by atoms with Crippen molar-refractivity contribution in [1.82, 2.24) is 9.80 Å². The summed E-state index contributed by atoms with van der Waals surface area (Å²) in [5, 5.41) is 0. The number of likely N-dealkylation sites (N-methyl/N-ethyl adjacent to an activating group) is 2. The van der Waals surface area contributed by atoms with E-state index in [1.807, 2.05) is 13.8 Å². The normalized spacial score (nSPS) is 24.8. The molecule has 0 aromatic heterocycles. The highest BCUT2D eigenvalue weighted by atomic mass is 16.2. The number of hydrogen-bond donors (Lipinski definition) is 0. The summed E-state index contributed by atoms with van der Waals surface area (Å²) in [7, 11) is 3.31. The molecular formula is C8H14N2O2. The summed E-state index contributed by atoms with van der Waals surface area (Å²) in [5.41, 5.74) is -0.553. The zero-order chi connectivity index (χ0) is 9.52. The molecule has 0 bridgehead atoms. The average Bonchev–Trinajstić information content (AvgIpc) is 1.99. The molecule has 2 amide bonds. The van der Waals surface area contributed by atoms with Gasteiger partial charge >= 0.3 is 0 Å². The molecular weight excluding hydrogens is 156 g/mol. The Kier molecular flexibility index (Phi) is 1.96. The molecule has 0 radical (unpaired) electrons. The molecule has 4 nitrogen and oxygen atoms in total. The molecule has 1 rings (SSSR count). The van der Waals surface area contributed by atoms with Crippen molar-refractivity contribution in [3.05, 3.63) is 0 Å². The van der Waals surface area contributed by atoms with Crippen LogP contribution in [0.15, 0.2) is 0 Å². The lowest BCUT2D eigenvalue weighted by atomic mass is 9.99. The standard InChI is InChI=1S/C8H14N2O2/c1-8(2)7(12)10(4)6(11)5-9(8)3/h5H2,1-4H3. The van der Waals surface area contributed by atoms with E-state index in [2.05, 4.69) is 0 Å². The summed E-state index contributed by atoms with van der Waals surface area (Å²) in [6.07, 6.45) is 0. The maximum absolute atomic E-state index is 11.5. The van der Waals surface area contributed by atoms with Crippen molar-refractivity contribution in [1.29, 1.82) is 0 Å². The highest BCUT2D eigenvalue weighted by molar-refractivity contribution is 6.02. The monoisotopic (exact) mass is 170 g/mol. The van der Waals surface area contributed by atoms with Gasteiger partial charge in [0, 0.05) is 7.05 Å². The first-order valence-corrected chi connectivity index (χ1v) is 3.89. The van der Waals surface area contributed by atoms with Crippen LogP contribution >= 0.6 is 0 Å². The lowest BCUT2D eigenvalue weighted by Gasteiger charge is -2.41. The smallest absolute Gasteiger partial charge is 0.248 e. The average molecular weight is 170 g/mol. The van der Waals surface area contributed by atoms with Gasteiger partial charge < -0.3 is 0 Å². The summed E-state index contributed by atoms with van der Waals surface area (Å²) in [4.78, 5) is 25.7. The fourth-order valence-corrected chi connectivity index (χ4v) is 1.19. The van der Waals surface area contributed by atoms with Gasteiger partial charge in [-0.15, -0.1) is 0 Å². The second-order valence-electron chi connectivity index (χ2n) is 3.67. The van der Waals surface area contributed by atoms with Crippen LogP contribution in [0.25, 0.3) is 0 Å². The first kappa shape index (κ1) is 9.19. The first-order chi connectivity index (χ1) is 5.37. The van der Waals surface area contributed by atoms with E-state index >= 15 is 0 Å². The quantitative estimate of drug-likeness (QED) is 0.468. The van der Waals surface area contributed by atoms with Gasteiger partial charge in [-0.05, 0) is 20.9 Å². The van der Waals surface area contributed by atoms with Crippen molar-refractivity contribution in [2.24, 2.45) is 0 Å². The predicted molar refractivity (Wildman–Crippen MR) is 44.5 cm³/mol. The molecule has 0 spiro atoms. The molecule has 0 aromatic rings. The van der Waals surface area contributed by atoms with Crippen molar-refractivity contribution in [3.8, 4) is 0 Å². The van der Waals surface area contributed by atoms with Crippen LogP contribution in [0.2, 0.25) is 0 Å². The fourth-order valence-electron chi connectivity index (χ4n) is 1.19. The van der Waals surface area contributed by atoms with Gasteiger partial charge in [0.1, 0.15) is 0 Å². The molecule has 68 valence electrons. The summed E-state index contributed by atoms with van der Waals surface area (Å²) in [6, 6.07) is 0. The third-order valence-electron chi connectivity index (χ3n) is 2.53. The first-order valence-electron chi connectivity index (χ1n) is 3.89. The van der Waals surface area contributed by atoms with Gasteiger partial charge in [0.15, 0.2) is 0 Å². The molecule has 0 unspecified atom stereocenters. The van der Waals surface area contributed by atoms with Crippen molar-refractivity contribution >= 4 is 11.8 Å². The molecule has 0 N–H and O–H groups in total. The van der Waals surface area contributed by atoms with E-state index < -0.39 is 5.54 Å². The van der Waals surface area contributed by atoms with Crippen LogP contribution in [0.4, 0.5) is 0 Å². The zero-order valence-corrected chi connectivity index (χ0v) is 7.92. The topological polar surface area (TPSA) is 40.6 Å². The second kappa shape index (κ2) is 2.55. The number of piperazine rings is 1. The predicted octanol–water partition coefficient (Wildman–Crippen LogP) is -0.305. The van der Waals surface area contributed by atoms with E-state index in [0.717, 1.165) is 0 Å². The molecule has 4 heteroatoms. The minimum atomic E-state index is -0.553. The van der Waals surface area contributed by atoms with Crippen LogP contribution in [-0.2, 0) is 9.59 Å². The number of hydrogen-bond acceptors (Lipinski definition) is 3. The lowest BCUT2D eigenvalue weighted by molar-refractivity contribution is -0.158. The van der Waals surface area contributed by atoms with Gasteiger partial charge in [0.2, 0.25) is 11.8 Å². The van der Waals surface area contributed by atoms with Gasteiger partial charge in [0.25, 0.3) is 0 Å². The summed E-state index contributed by atoms with van der Waals surface area (Å²) < 4.78 is 0. The lowest BCUT2D eigenvalue weighted by Crippen LogP contribution is -2.62. The van der Waals surface area contributed by atoms with Crippen LogP contribution in [0.5, 0.6) is 0 Å². The Labute approximate surface area is 72.1 Å². The van der Waals surface area contributed by atoms with Crippen LogP contribution < -0.4 is 0 Å². The van der Waals surface area contributed by atoms with Gasteiger partial charge in [0.05, 0.1) is 12.1 Å². The Hall–Kier alpha value is -0.900. The number of carbonyl (C=O) groups excluding carboxylic acids is 2. The van der Waals surface area contributed by atoms with Gasteiger partial charge in [-0.1, -0.05) is 0 Å². The Morgan fingerprint density at radius 1 is 1.25 bits per heavy atom. The summed E-state index contributed by atoms with van der Waals surface area (Å²) >= 11 is 0. The summed E-state index contributed by atoms with van der Waals surface area (Å²) in [6.45, 7) is 3.95. The SMILES string of the molecule is CN1C(=O)CN(C)C(C)(C)C1=O. The Morgan fingerprint density at radius 2 is 1.75 bits per heavy atom.